The van der Waals surface area contributed by atoms with Crippen LogP contribution in [0.4, 0.5) is 17.6 Å². The molecule has 0 saturated carbocycles. The van der Waals surface area contributed by atoms with Crippen molar-refractivity contribution >= 4 is 15.7 Å². The summed E-state index contributed by atoms with van der Waals surface area (Å²) < 4.78 is 76.8. The number of halogens is 4. The number of carbonyl (C=O) groups excluding carboxylic acids is 1. The van der Waals surface area contributed by atoms with Crippen LogP contribution in [0.2, 0.25) is 0 Å². The van der Waals surface area contributed by atoms with Gasteiger partial charge in [-0.25, -0.2) is 12.8 Å². The minimum absolute atomic E-state index is 0.0544. The molecule has 0 radical (unpaired) electrons. The van der Waals surface area contributed by atoms with Crippen LogP contribution in [0.25, 0.3) is 16.9 Å². The third-order valence-corrected chi connectivity index (χ3v) is 7.07. The van der Waals surface area contributed by atoms with E-state index in [-0.39, 0.29) is 16.9 Å². The summed E-state index contributed by atoms with van der Waals surface area (Å²) in [5.41, 5.74) is -2.45. The number of carbonyl (C=O) groups is 1. The molecule has 8 nitrogen and oxygen atoms in total. The predicted molar refractivity (Wildman–Crippen MR) is 116 cm³/mol. The van der Waals surface area contributed by atoms with E-state index in [1.54, 1.807) is 0 Å². The number of hydrogen-bond acceptors (Lipinski definition) is 6. The van der Waals surface area contributed by atoms with Crippen LogP contribution in [0.5, 0.6) is 0 Å². The SMILES string of the molecule is O=C(N[C@@H]1CS(=O)(=O)C[C@@H]1O)c1cc(-c2ccc(C(F)(F)F)cc2)nn(-c2cccc(F)c2)c1=O. The normalized spacial score (nSPS) is 19.5. The molecule has 13 heteroatoms. The number of nitrogens with one attached hydrogen (secondary N) is 1. The molecule has 2 atom stereocenters. The molecule has 1 aliphatic rings. The predicted octanol–water partition coefficient (Wildman–Crippen LogP) is 1.95. The number of benzene rings is 2. The third-order valence-electron chi connectivity index (χ3n) is 5.36. The molecule has 2 heterocycles. The van der Waals surface area contributed by atoms with E-state index >= 15 is 0 Å². The molecule has 0 unspecified atom stereocenters. The Morgan fingerprint density at radius 2 is 1.77 bits per heavy atom. The number of aliphatic hydroxyl groups excluding tert-OH is 1. The standard InChI is InChI=1S/C22H17F4N3O5S/c23-14-2-1-3-15(8-14)29-21(32)16(20(31)27-18-10-35(33,34)11-19(18)30)9-17(28-29)12-4-6-13(7-5-12)22(24,25)26/h1-9,18-19,30H,10-11H2,(H,27,31)/t18-,19+/m1/s1. The van der Waals surface area contributed by atoms with Crippen LogP contribution in [0, 0.1) is 5.82 Å². The van der Waals surface area contributed by atoms with Crippen LogP contribution >= 0.6 is 0 Å². The number of sulfone groups is 1. The monoisotopic (exact) mass is 511 g/mol. The largest absolute Gasteiger partial charge is 0.416 e. The van der Waals surface area contributed by atoms with Crippen molar-refractivity contribution in [2.75, 3.05) is 11.5 Å². The molecule has 35 heavy (non-hydrogen) atoms. The van der Waals surface area contributed by atoms with Crippen LogP contribution in [0.1, 0.15) is 15.9 Å². The second-order valence-corrected chi connectivity index (χ2v) is 10.1. The van der Waals surface area contributed by atoms with Crippen LogP contribution < -0.4 is 10.9 Å². The van der Waals surface area contributed by atoms with E-state index in [1.165, 1.54) is 12.1 Å². The van der Waals surface area contributed by atoms with E-state index < -0.39 is 68.1 Å². The summed E-state index contributed by atoms with van der Waals surface area (Å²) in [5.74, 6) is -2.83. The number of rotatable bonds is 4. The topological polar surface area (TPSA) is 118 Å². The number of nitrogens with zero attached hydrogens (tertiary/aromatic N) is 2. The second kappa shape index (κ2) is 8.89. The Hall–Kier alpha value is -3.58. The van der Waals surface area contributed by atoms with Crippen molar-refractivity contribution in [3.05, 3.63) is 81.9 Å². The summed E-state index contributed by atoms with van der Waals surface area (Å²) in [6, 6.07) is 8.38. The van der Waals surface area contributed by atoms with E-state index in [1.807, 2.05) is 0 Å². The molecule has 1 aromatic heterocycles. The van der Waals surface area contributed by atoms with Gasteiger partial charge in [-0.3, -0.25) is 9.59 Å². The van der Waals surface area contributed by atoms with Crippen molar-refractivity contribution < 1.29 is 35.9 Å². The molecular weight excluding hydrogens is 494 g/mol. The Bertz CT molecular complexity index is 1450. The molecule has 1 saturated heterocycles. The second-order valence-electron chi connectivity index (χ2n) is 7.94. The highest BCUT2D eigenvalue weighted by atomic mass is 32.2. The summed E-state index contributed by atoms with van der Waals surface area (Å²) in [6.07, 6.45) is -5.97. The summed E-state index contributed by atoms with van der Waals surface area (Å²) in [6.45, 7) is 0. The van der Waals surface area contributed by atoms with Gasteiger partial charge in [-0.15, -0.1) is 0 Å². The molecule has 1 fully saturated rings. The van der Waals surface area contributed by atoms with Crippen LogP contribution in [0.3, 0.4) is 0 Å². The molecule has 2 aromatic carbocycles. The lowest BCUT2D eigenvalue weighted by molar-refractivity contribution is -0.137. The minimum atomic E-state index is -4.58. The molecule has 4 rings (SSSR count). The van der Waals surface area contributed by atoms with E-state index in [4.69, 9.17) is 0 Å². The van der Waals surface area contributed by atoms with Crippen LogP contribution in [-0.4, -0.2) is 52.9 Å². The van der Waals surface area contributed by atoms with Crippen molar-refractivity contribution in [1.29, 1.82) is 0 Å². The van der Waals surface area contributed by atoms with Gasteiger partial charge in [-0.1, -0.05) is 18.2 Å². The molecule has 0 spiro atoms. The van der Waals surface area contributed by atoms with Crippen molar-refractivity contribution in [2.24, 2.45) is 0 Å². The average Bonchev–Trinajstić information content (AvgIpc) is 3.04. The number of aromatic nitrogens is 2. The fraction of sp³-hybridized carbons (Fsp3) is 0.227. The molecule has 184 valence electrons. The molecule has 1 amide bonds. The van der Waals surface area contributed by atoms with Gasteiger partial charge in [0.05, 0.1) is 40.6 Å². The van der Waals surface area contributed by atoms with Gasteiger partial charge in [0, 0.05) is 5.56 Å². The van der Waals surface area contributed by atoms with Crippen molar-refractivity contribution in [3.8, 4) is 16.9 Å². The van der Waals surface area contributed by atoms with Gasteiger partial charge in [0.2, 0.25) is 0 Å². The lowest BCUT2D eigenvalue weighted by atomic mass is 10.1. The first-order chi connectivity index (χ1) is 16.3. The highest BCUT2D eigenvalue weighted by Gasteiger charge is 2.38. The molecule has 2 N–H and O–H groups in total. The number of aliphatic hydroxyl groups is 1. The Kier molecular flexibility index (Phi) is 6.23. The first-order valence-electron chi connectivity index (χ1n) is 10.1. The Labute approximate surface area is 195 Å². The Balaban J connectivity index is 1.80. The first-order valence-corrected chi connectivity index (χ1v) is 11.9. The average molecular weight is 511 g/mol. The highest BCUT2D eigenvalue weighted by Crippen LogP contribution is 2.30. The lowest BCUT2D eigenvalue weighted by Gasteiger charge is -2.16. The maximum atomic E-state index is 13.8. The summed E-state index contributed by atoms with van der Waals surface area (Å²) in [4.78, 5) is 26.0. The summed E-state index contributed by atoms with van der Waals surface area (Å²) in [5, 5.41) is 16.4. The van der Waals surface area contributed by atoms with Crippen molar-refractivity contribution in [3.63, 3.8) is 0 Å². The number of amides is 1. The zero-order valence-corrected chi connectivity index (χ0v) is 18.5. The highest BCUT2D eigenvalue weighted by molar-refractivity contribution is 7.91. The summed E-state index contributed by atoms with van der Waals surface area (Å²) >= 11 is 0. The summed E-state index contributed by atoms with van der Waals surface area (Å²) in [7, 11) is -3.60. The van der Waals surface area contributed by atoms with Crippen molar-refractivity contribution in [2.45, 2.75) is 18.3 Å². The van der Waals surface area contributed by atoms with Gasteiger partial charge in [0.25, 0.3) is 11.5 Å². The van der Waals surface area contributed by atoms with E-state index in [2.05, 4.69) is 10.4 Å². The zero-order chi connectivity index (χ0) is 25.5. The van der Waals surface area contributed by atoms with Crippen LogP contribution in [0.15, 0.2) is 59.4 Å². The fourth-order valence-corrected chi connectivity index (χ4v) is 5.37. The molecule has 0 aliphatic carbocycles. The number of alkyl halides is 3. The maximum Gasteiger partial charge on any atom is 0.416 e. The Morgan fingerprint density at radius 3 is 2.34 bits per heavy atom. The van der Waals surface area contributed by atoms with Gasteiger partial charge >= 0.3 is 6.18 Å². The molecule has 3 aromatic rings. The van der Waals surface area contributed by atoms with Gasteiger partial charge < -0.3 is 10.4 Å². The minimum Gasteiger partial charge on any atom is -0.390 e. The van der Waals surface area contributed by atoms with Gasteiger partial charge in [0.15, 0.2) is 9.84 Å². The van der Waals surface area contributed by atoms with E-state index in [0.29, 0.717) is 4.68 Å². The first kappa shape index (κ1) is 24.5. The fourth-order valence-electron chi connectivity index (χ4n) is 3.62. The quantitative estimate of drug-likeness (QED) is 0.517. The lowest BCUT2D eigenvalue weighted by Crippen LogP contribution is -2.44. The number of hydrogen-bond donors (Lipinski definition) is 2. The molecule has 0 bridgehead atoms. The molecule has 1 aliphatic heterocycles. The van der Waals surface area contributed by atoms with E-state index in [9.17, 15) is 40.7 Å². The van der Waals surface area contributed by atoms with E-state index in [0.717, 1.165) is 42.5 Å². The maximum absolute atomic E-state index is 13.8. The zero-order valence-electron chi connectivity index (χ0n) is 17.7. The van der Waals surface area contributed by atoms with Crippen molar-refractivity contribution in [1.82, 2.24) is 15.1 Å². The third kappa shape index (κ3) is 5.25. The van der Waals surface area contributed by atoms with Crippen LogP contribution in [-0.2, 0) is 16.0 Å². The van der Waals surface area contributed by atoms with Gasteiger partial charge in [-0.05, 0) is 36.4 Å². The smallest absolute Gasteiger partial charge is 0.390 e. The Morgan fingerprint density at radius 1 is 1.09 bits per heavy atom. The van der Waals surface area contributed by atoms with Gasteiger partial charge in [-0.2, -0.15) is 23.0 Å². The van der Waals surface area contributed by atoms with Gasteiger partial charge in [0.1, 0.15) is 11.4 Å². The molecular formula is C22H17F4N3O5S.